The van der Waals surface area contributed by atoms with E-state index in [-0.39, 0.29) is 28.0 Å². The zero-order chi connectivity index (χ0) is 22.5. The van der Waals surface area contributed by atoms with Crippen LogP contribution in [0.15, 0.2) is 111 Å². The Balaban J connectivity index is 1.91. The summed E-state index contributed by atoms with van der Waals surface area (Å²) >= 11 is 0. The van der Waals surface area contributed by atoms with E-state index in [2.05, 4.69) is 0 Å². The van der Waals surface area contributed by atoms with E-state index in [4.69, 9.17) is 4.42 Å². The molecule has 0 unspecified atom stereocenters. The topological polar surface area (TPSA) is 71.9 Å². The number of pyridine rings is 2. The van der Waals surface area contributed by atoms with Crippen molar-refractivity contribution in [2.45, 2.75) is 0 Å². The molecule has 0 aliphatic heterocycles. The van der Waals surface area contributed by atoms with Crippen LogP contribution in [0.2, 0.25) is 0 Å². The molecule has 0 saturated heterocycles. The lowest BCUT2D eigenvalue weighted by Gasteiger charge is -2.15. The third kappa shape index (κ3) is 2.79. The lowest BCUT2D eigenvalue weighted by atomic mass is 9.99. The lowest BCUT2D eigenvalue weighted by Crippen LogP contribution is -2.18. The highest BCUT2D eigenvalue weighted by Crippen LogP contribution is 2.39. The van der Waals surface area contributed by atoms with Crippen LogP contribution in [-0.4, -0.2) is 9.51 Å². The average Bonchev–Trinajstić information content (AvgIpc) is 2.85. The highest BCUT2D eigenvalue weighted by Gasteiger charge is 2.24. The van der Waals surface area contributed by atoms with Gasteiger partial charge in [-0.1, -0.05) is 84.9 Å². The summed E-state index contributed by atoms with van der Waals surface area (Å²) in [6, 6.07) is 29.1. The Kier molecular flexibility index (Phi) is 4.17. The Labute approximate surface area is 187 Å². The molecule has 1 N–H and O–H groups in total. The van der Waals surface area contributed by atoms with Gasteiger partial charge in [-0.2, -0.15) is 0 Å². The second kappa shape index (κ2) is 7.21. The summed E-state index contributed by atoms with van der Waals surface area (Å²) in [6.07, 6.45) is 0. The Morgan fingerprint density at radius 1 is 0.636 bits per heavy atom. The smallest absolute Gasteiger partial charge is 0.348 e. The molecule has 5 nitrogen and oxygen atoms in total. The van der Waals surface area contributed by atoms with E-state index in [1.54, 1.807) is 46.9 Å². The molecule has 0 bridgehead atoms. The quantitative estimate of drug-likeness (QED) is 0.362. The van der Waals surface area contributed by atoms with Crippen molar-refractivity contribution in [1.29, 1.82) is 0 Å². The number of hydrogen-bond donors (Lipinski definition) is 1. The summed E-state index contributed by atoms with van der Waals surface area (Å²) < 4.78 is 7.36. The largest absolute Gasteiger partial charge is 0.506 e. The fourth-order valence-corrected chi connectivity index (χ4v) is 4.48. The van der Waals surface area contributed by atoms with E-state index in [1.807, 2.05) is 54.6 Å². The molecule has 0 radical (unpaired) electrons. The normalized spacial score (nSPS) is 11.4. The first-order valence-electron chi connectivity index (χ1n) is 10.5. The number of hydrogen-bond acceptors (Lipinski definition) is 4. The van der Waals surface area contributed by atoms with Crippen molar-refractivity contribution in [1.82, 2.24) is 4.40 Å². The highest BCUT2D eigenvalue weighted by atomic mass is 16.4. The monoisotopic (exact) mass is 431 g/mol. The van der Waals surface area contributed by atoms with Gasteiger partial charge < -0.3 is 9.52 Å². The molecule has 6 aromatic rings. The number of aromatic hydroxyl groups is 1. The first-order chi connectivity index (χ1) is 16.1. The second-order valence-corrected chi connectivity index (χ2v) is 7.84. The SMILES string of the molecule is O=c1oc2c(-c3ccccc3)c(=O)n3c4ccccc4ccc3c2c(O)c1-c1ccccc1. The predicted molar refractivity (Wildman–Crippen MR) is 130 cm³/mol. The summed E-state index contributed by atoms with van der Waals surface area (Å²) in [6.45, 7) is 0. The van der Waals surface area contributed by atoms with Gasteiger partial charge in [-0.3, -0.25) is 9.20 Å². The molecule has 0 spiro atoms. The maximum Gasteiger partial charge on any atom is 0.348 e. The van der Waals surface area contributed by atoms with Crippen LogP contribution in [0.1, 0.15) is 0 Å². The zero-order valence-electron chi connectivity index (χ0n) is 17.4. The highest BCUT2D eigenvalue weighted by molar-refractivity contribution is 6.08. The van der Waals surface area contributed by atoms with Crippen LogP contribution < -0.4 is 11.2 Å². The first kappa shape index (κ1) is 19.1. The Morgan fingerprint density at radius 3 is 1.94 bits per heavy atom. The molecule has 158 valence electrons. The van der Waals surface area contributed by atoms with Gasteiger partial charge in [-0.25, -0.2) is 4.79 Å². The van der Waals surface area contributed by atoms with Crippen LogP contribution in [0.3, 0.4) is 0 Å². The van der Waals surface area contributed by atoms with Crippen molar-refractivity contribution in [2.75, 3.05) is 0 Å². The van der Waals surface area contributed by atoms with Crippen LogP contribution in [0.5, 0.6) is 5.75 Å². The Bertz CT molecular complexity index is 1800. The maximum atomic E-state index is 13.9. The van der Waals surface area contributed by atoms with Gasteiger partial charge >= 0.3 is 5.63 Å². The molecule has 33 heavy (non-hydrogen) atoms. The molecule has 3 aromatic carbocycles. The van der Waals surface area contributed by atoms with Crippen LogP contribution in [-0.2, 0) is 0 Å². The summed E-state index contributed by atoms with van der Waals surface area (Å²) in [5.41, 5.74) is 1.65. The number of rotatable bonds is 2. The van der Waals surface area contributed by atoms with E-state index < -0.39 is 5.63 Å². The van der Waals surface area contributed by atoms with Crippen LogP contribution >= 0.6 is 0 Å². The van der Waals surface area contributed by atoms with Crippen molar-refractivity contribution in [2.24, 2.45) is 0 Å². The molecule has 6 rings (SSSR count). The fraction of sp³-hybridized carbons (Fsp3) is 0. The molecule has 3 aromatic heterocycles. The van der Waals surface area contributed by atoms with Crippen LogP contribution in [0, 0.1) is 0 Å². The number of aromatic nitrogens is 1. The molecular formula is C28H17NO4. The summed E-state index contributed by atoms with van der Waals surface area (Å²) in [5, 5.41) is 12.6. The molecule has 0 fully saturated rings. The standard InChI is InChI=1S/C28H17NO4/c30-25-22(18-10-3-1-4-11-18)28(32)33-26-23(19-12-5-2-6-13-19)27(31)29-20-14-8-7-9-17(20)15-16-21(29)24(25)26/h1-16,30H. The number of benzene rings is 3. The molecule has 0 aliphatic carbocycles. The van der Waals surface area contributed by atoms with Gasteiger partial charge in [-0.05, 0) is 28.6 Å². The Morgan fingerprint density at radius 2 is 1.24 bits per heavy atom. The minimum atomic E-state index is -0.701. The number of fused-ring (bicyclic) bond motifs is 5. The lowest BCUT2D eigenvalue weighted by molar-refractivity contribution is 0.471. The summed E-state index contributed by atoms with van der Waals surface area (Å²) in [4.78, 5) is 26.9. The van der Waals surface area contributed by atoms with Gasteiger partial charge in [0, 0.05) is 0 Å². The second-order valence-electron chi connectivity index (χ2n) is 7.84. The molecule has 0 atom stereocenters. The van der Waals surface area contributed by atoms with Crippen molar-refractivity contribution < 1.29 is 9.52 Å². The molecule has 3 heterocycles. The summed E-state index contributed by atoms with van der Waals surface area (Å²) in [5.74, 6) is -0.211. The first-order valence-corrected chi connectivity index (χ1v) is 10.5. The van der Waals surface area contributed by atoms with Gasteiger partial charge in [0.2, 0.25) is 0 Å². The number of nitrogens with zero attached hydrogens (tertiary/aromatic N) is 1. The number of para-hydroxylation sites is 1. The van der Waals surface area contributed by atoms with Crippen molar-refractivity contribution in [3.8, 4) is 28.0 Å². The van der Waals surface area contributed by atoms with E-state index in [1.165, 1.54) is 0 Å². The van der Waals surface area contributed by atoms with Gasteiger partial charge in [0.05, 0.1) is 22.0 Å². The van der Waals surface area contributed by atoms with E-state index in [0.717, 1.165) is 5.39 Å². The van der Waals surface area contributed by atoms with Gasteiger partial charge in [-0.15, -0.1) is 0 Å². The van der Waals surface area contributed by atoms with Gasteiger partial charge in [0.15, 0.2) is 5.58 Å². The zero-order valence-corrected chi connectivity index (χ0v) is 17.4. The molecule has 0 saturated carbocycles. The van der Waals surface area contributed by atoms with Gasteiger partial charge in [0.25, 0.3) is 5.56 Å². The Hall–Kier alpha value is -4.64. The molecule has 0 amide bonds. The van der Waals surface area contributed by atoms with Crippen molar-refractivity contribution >= 4 is 27.4 Å². The summed E-state index contributed by atoms with van der Waals surface area (Å²) in [7, 11) is 0. The van der Waals surface area contributed by atoms with Crippen molar-refractivity contribution in [3.05, 3.63) is 118 Å². The predicted octanol–water partition coefficient (Wildman–Crippen LogP) is 5.60. The molecular weight excluding hydrogens is 414 g/mol. The average molecular weight is 431 g/mol. The maximum absolute atomic E-state index is 13.9. The third-order valence-corrected chi connectivity index (χ3v) is 5.96. The van der Waals surface area contributed by atoms with E-state index >= 15 is 0 Å². The molecule has 0 aliphatic rings. The van der Waals surface area contributed by atoms with Crippen LogP contribution in [0.4, 0.5) is 0 Å². The van der Waals surface area contributed by atoms with Gasteiger partial charge in [0.1, 0.15) is 11.3 Å². The minimum Gasteiger partial charge on any atom is -0.506 e. The molecule has 5 heteroatoms. The third-order valence-electron chi connectivity index (χ3n) is 5.96. The van der Waals surface area contributed by atoms with E-state index in [9.17, 15) is 14.7 Å². The minimum absolute atomic E-state index is 0.0656. The van der Waals surface area contributed by atoms with Crippen molar-refractivity contribution in [3.63, 3.8) is 0 Å². The van der Waals surface area contributed by atoms with E-state index in [0.29, 0.717) is 27.5 Å². The van der Waals surface area contributed by atoms with Crippen LogP contribution in [0.25, 0.3) is 49.6 Å². The fourth-order valence-electron chi connectivity index (χ4n) is 4.48.